The minimum atomic E-state index is -0.489. The van der Waals surface area contributed by atoms with Crippen molar-refractivity contribution < 1.29 is 23.4 Å². The van der Waals surface area contributed by atoms with E-state index in [9.17, 15) is 9.18 Å². The molecule has 0 bridgehead atoms. The first-order valence-electron chi connectivity index (χ1n) is 18.8. The number of rotatable bonds is 12. The topological polar surface area (TPSA) is 96.4 Å². The first-order chi connectivity index (χ1) is 24.7. The second kappa shape index (κ2) is 13.9. The van der Waals surface area contributed by atoms with Crippen molar-refractivity contribution in [2.24, 2.45) is 5.41 Å². The van der Waals surface area contributed by atoms with E-state index in [0.717, 1.165) is 84.0 Å². The summed E-state index contributed by atoms with van der Waals surface area (Å²) in [5, 5.41) is 0. The molecule has 12 heteroatoms. The maximum Gasteiger partial charge on any atom is 0.257 e. The van der Waals surface area contributed by atoms with E-state index in [1.807, 2.05) is 33.0 Å². The zero-order chi connectivity index (χ0) is 35.2. The van der Waals surface area contributed by atoms with E-state index < -0.39 is 5.82 Å². The van der Waals surface area contributed by atoms with Crippen LogP contribution in [0.4, 0.5) is 10.2 Å². The number of hydrogen-bond acceptors (Lipinski definition) is 10. The van der Waals surface area contributed by atoms with Gasteiger partial charge in [-0.25, -0.2) is 14.4 Å². The number of nitrogens with zero attached hydrogens (tertiary/aromatic N) is 7. The number of aromatic nitrogens is 3. The monoisotopic (exact) mass is 699 g/mol. The molecule has 272 valence electrons. The van der Waals surface area contributed by atoms with Crippen molar-refractivity contribution in [1.29, 1.82) is 0 Å². The van der Waals surface area contributed by atoms with E-state index >= 15 is 0 Å². The van der Waals surface area contributed by atoms with E-state index in [-0.39, 0.29) is 40.4 Å². The second-order valence-electron chi connectivity index (χ2n) is 15.6. The van der Waals surface area contributed by atoms with Gasteiger partial charge in [0.15, 0.2) is 11.6 Å². The van der Waals surface area contributed by atoms with Gasteiger partial charge < -0.3 is 24.0 Å². The van der Waals surface area contributed by atoms with E-state index in [4.69, 9.17) is 19.2 Å². The van der Waals surface area contributed by atoms with Crippen LogP contribution < -0.4 is 14.4 Å². The molecule has 0 radical (unpaired) electrons. The van der Waals surface area contributed by atoms with Gasteiger partial charge >= 0.3 is 0 Å². The molecule has 51 heavy (non-hydrogen) atoms. The molecule has 0 atom stereocenters. The van der Waals surface area contributed by atoms with E-state index in [1.54, 1.807) is 11.1 Å². The van der Waals surface area contributed by atoms with Crippen molar-refractivity contribution in [3.63, 3.8) is 0 Å². The summed E-state index contributed by atoms with van der Waals surface area (Å²) in [6.07, 6.45) is 11.7. The molecule has 6 heterocycles. The van der Waals surface area contributed by atoms with Crippen molar-refractivity contribution in [2.45, 2.75) is 83.6 Å². The molecule has 1 saturated carbocycles. The molecule has 8 rings (SSSR count). The lowest BCUT2D eigenvalue weighted by molar-refractivity contribution is -0.111. The number of fused-ring (bicyclic) bond motifs is 1. The molecule has 3 aromatic rings. The third-order valence-corrected chi connectivity index (χ3v) is 11.5. The molecular formula is C39H50FN7O4. The molecule has 5 aliphatic rings. The molecule has 1 aliphatic carbocycles. The maximum absolute atomic E-state index is 14.3. The Balaban J connectivity index is 0.849. The van der Waals surface area contributed by atoms with Crippen LogP contribution in [0.25, 0.3) is 0 Å². The van der Waals surface area contributed by atoms with Crippen LogP contribution in [0.1, 0.15) is 74.5 Å². The molecule has 0 N–H and O–H groups in total. The van der Waals surface area contributed by atoms with Crippen LogP contribution in [0, 0.1) is 11.2 Å². The minimum Gasteiger partial charge on any atom is -0.490 e. The minimum absolute atomic E-state index is 0.0360. The highest BCUT2D eigenvalue weighted by Gasteiger charge is 2.54. The van der Waals surface area contributed by atoms with Gasteiger partial charge in [0, 0.05) is 87.8 Å². The van der Waals surface area contributed by atoms with Crippen LogP contribution in [0.5, 0.6) is 17.2 Å². The summed E-state index contributed by atoms with van der Waals surface area (Å²) in [6.45, 7) is 15.2. The number of anilines is 1. The molecule has 11 nitrogen and oxygen atoms in total. The van der Waals surface area contributed by atoms with Gasteiger partial charge in [0.2, 0.25) is 0 Å². The second-order valence-corrected chi connectivity index (χ2v) is 15.6. The zero-order valence-electron chi connectivity index (χ0n) is 30.2. The Hall–Kier alpha value is -3.87. The summed E-state index contributed by atoms with van der Waals surface area (Å²) in [5.41, 5.74) is 2.94. The lowest BCUT2D eigenvalue weighted by Gasteiger charge is -2.59. The van der Waals surface area contributed by atoms with E-state index in [1.165, 1.54) is 55.0 Å². The highest BCUT2D eigenvalue weighted by atomic mass is 19.1. The largest absolute Gasteiger partial charge is 0.490 e. The van der Waals surface area contributed by atoms with Crippen molar-refractivity contribution >= 4 is 11.7 Å². The van der Waals surface area contributed by atoms with Gasteiger partial charge in [-0.3, -0.25) is 19.6 Å². The fourth-order valence-electron chi connectivity index (χ4n) is 8.95. The van der Waals surface area contributed by atoms with Crippen LogP contribution in [0.3, 0.4) is 0 Å². The number of amides is 1. The first kappa shape index (κ1) is 34.2. The van der Waals surface area contributed by atoms with Gasteiger partial charge in [-0.05, 0) is 90.2 Å². The average molecular weight is 700 g/mol. The number of halogens is 1. The Morgan fingerprint density at radius 3 is 2.67 bits per heavy atom. The average Bonchev–Trinajstić information content (AvgIpc) is 3.57. The SMILES string of the molecule is CCN(C(=O)c1cc(F)ccc1Oc1cncnc1N1CC2(CC(Oc3ccnc4c3CN(CCCN3CC5(CCCO5)C3)CC4)C2)C1)C(C)C. The highest BCUT2D eigenvalue weighted by molar-refractivity contribution is 5.97. The number of benzene rings is 1. The van der Waals surface area contributed by atoms with Gasteiger partial charge in [0.1, 0.15) is 29.7 Å². The molecule has 4 fully saturated rings. The van der Waals surface area contributed by atoms with Gasteiger partial charge in [0.05, 0.1) is 17.4 Å². The molecular weight excluding hydrogens is 649 g/mol. The standard InChI is InChI=1S/C39H50FN7O4/c1-4-47(27(2)3)37(48)30-17-28(40)7-8-33(30)51-35-20-41-26-43-36(35)46-22-38(23-46)18-29(19-38)50-34-9-12-42-32-10-15-44(21-31(32)34)13-6-14-45-24-39(25-45)11-5-16-49-39/h7-9,12,17,20,26-27,29H,4-6,10-11,13-16,18-19,21-25H2,1-3H3. The molecule has 3 saturated heterocycles. The maximum atomic E-state index is 14.3. The van der Waals surface area contributed by atoms with E-state index in [0.29, 0.717) is 18.1 Å². The molecule has 1 amide bonds. The molecule has 1 aromatic carbocycles. The number of carbonyl (C=O) groups is 1. The van der Waals surface area contributed by atoms with E-state index in [2.05, 4.69) is 24.7 Å². The fourth-order valence-corrected chi connectivity index (χ4v) is 8.95. The highest BCUT2D eigenvalue weighted by Crippen LogP contribution is 2.52. The summed E-state index contributed by atoms with van der Waals surface area (Å²) in [4.78, 5) is 35.8. The number of pyridine rings is 1. The number of hydrogen-bond donors (Lipinski definition) is 0. The summed E-state index contributed by atoms with van der Waals surface area (Å²) >= 11 is 0. The fraction of sp³-hybridized carbons (Fsp3) is 0.590. The Morgan fingerprint density at radius 2 is 1.90 bits per heavy atom. The Kier molecular flexibility index (Phi) is 9.35. The van der Waals surface area contributed by atoms with Crippen molar-refractivity contribution in [3.05, 3.63) is 65.6 Å². The number of likely N-dealkylation sites (tertiary alicyclic amines) is 1. The van der Waals surface area contributed by atoms with Crippen molar-refractivity contribution in [2.75, 3.05) is 63.9 Å². The van der Waals surface area contributed by atoms with Crippen LogP contribution in [0.2, 0.25) is 0 Å². The van der Waals surface area contributed by atoms with Crippen LogP contribution in [0.15, 0.2) is 43.0 Å². The predicted octanol–water partition coefficient (Wildman–Crippen LogP) is 5.33. The molecule has 4 aliphatic heterocycles. The predicted molar refractivity (Wildman–Crippen MR) is 191 cm³/mol. The Morgan fingerprint density at radius 1 is 1.08 bits per heavy atom. The quantitative estimate of drug-likeness (QED) is 0.247. The van der Waals surface area contributed by atoms with Crippen LogP contribution >= 0.6 is 0 Å². The number of carbonyl (C=O) groups excluding carboxylic acids is 1. The van der Waals surface area contributed by atoms with Gasteiger partial charge in [-0.15, -0.1) is 0 Å². The van der Waals surface area contributed by atoms with Crippen molar-refractivity contribution in [1.82, 2.24) is 29.7 Å². The normalized spacial score (nSPS) is 20.9. The third kappa shape index (κ3) is 6.90. The van der Waals surface area contributed by atoms with Crippen LogP contribution in [-0.4, -0.2) is 112 Å². The smallest absolute Gasteiger partial charge is 0.257 e. The van der Waals surface area contributed by atoms with Gasteiger partial charge in [-0.2, -0.15) is 0 Å². The molecule has 2 spiro atoms. The van der Waals surface area contributed by atoms with Gasteiger partial charge in [0.25, 0.3) is 5.91 Å². The summed E-state index contributed by atoms with van der Waals surface area (Å²) in [6, 6.07) is 6.06. The molecule has 0 unspecified atom stereocenters. The summed E-state index contributed by atoms with van der Waals surface area (Å²) < 4.78 is 33.3. The summed E-state index contributed by atoms with van der Waals surface area (Å²) in [5.74, 6) is 1.62. The lowest BCUT2D eigenvalue weighted by atomic mass is 9.61. The van der Waals surface area contributed by atoms with Crippen LogP contribution in [-0.2, 0) is 17.7 Å². The lowest BCUT2D eigenvalue weighted by Crippen LogP contribution is -2.65. The Bertz CT molecular complexity index is 1730. The van der Waals surface area contributed by atoms with Gasteiger partial charge in [-0.1, -0.05) is 0 Å². The molecule has 2 aromatic heterocycles. The summed E-state index contributed by atoms with van der Waals surface area (Å²) in [7, 11) is 0. The Labute approximate surface area is 300 Å². The first-order valence-corrected chi connectivity index (χ1v) is 18.8. The third-order valence-electron chi connectivity index (χ3n) is 11.5. The number of ether oxygens (including phenoxy) is 3. The van der Waals surface area contributed by atoms with Crippen molar-refractivity contribution in [3.8, 4) is 17.2 Å². The zero-order valence-corrected chi connectivity index (χ0v) is 30.2.